The summed E-state index contributed by atoms with van der Waals surface area (Å²) >= 11 is 6.29. The van der Waals surface area contributed by atoms with E-state index in [1.54, 1.807) is 24.9 Å². The Bertz CT molecular complexity index is 995. The fourth-order valence-electron chi connectivity index (χ4n) is 3.63. The van der Waals surface area contributed by atoms with Crippen molar-refractivity contribution in [3.63, 3.8) is 0 Å². The lowest BCUT2D eigenvalue weighted by molar-refractivity contribution is 0.0993. The van der Waals surface area contributed by atoms with Crippen molar-refractivity contribution in [1.82, 2.24) is 9.97 Å². The highest BCUT2D eigenvalue weighted by molar-refractivity contribution is 6.34. The molecule has 0 bridgehead atoms. The smallest absolute Gasteiger partial charge is 0.262 e. The number of aromatic nitrogens is 2. The first-order chi connectivity index (χ1) is 13.1. The van der Waals surface area contributed by atoms with Crippen molar-refractivity contribution in [2.45, 2.75) is 26.2 Å². The molecule has 0 aliphatic carbocycles. The van der Waals surface area contributed by atoms with E-state index in [0.29, 0.717) is 33.1 Å². The van der Waals surface area contributed by atoms with Gasteiger partial charge >= 0.3 is 0 Å². The number of anilines is 2. The molecule has 1 aliphatic heterocycles. The maximum Gasteiger partial charge on any atom is 0.262 e. The molecular formula is C20H21ClN4O2. The lowest BCUT2D eigenvalue weighted by Crippen LogP contribution is -2.31. The molecule has 1 fully saturated rings. The van der Waals surface area contributed by atoms with Gasteiger partial charge in [0.1, 0.15) is 17.9 Å². The molecule has 1 aliphatic rings. The van der Waals surface area contributed by atoms with Crippen LogP contribution >= 0.6 is 11.6 Å². The van der Waals surface area contributed by atoms with E-state index < -0.39 is 0 Å². The highest BCUT2D eigenvalue weighted by Gasteiger charge is 2.28. The first-order valence-corrected chi connectivity index (χ1v) is 9.47. The van der Waals surface area contributed by atoms with E-state index >= 15 is 0 Å². The largest absolute Gasteiger partial charge is 0.442 e. The number of carbonyl (C=O) groups excluding carboxylic acids is 1. The molecule has 0 unspecified atom stereocenters. The van der Waals surface area contributed by atoms with Crippen LogP contribution in [0.25, 0.3) is 11.1 Å². The standard InChI is InChI=1S/C20H21ClN4O2/c1-13-16(20(26)24(2)15-9-5-4-8-14(15)21)17-18(22-12-23-19(17)27-13)25-10-6-3-7-11-25/h4-5,8-9,12H,3,6-7,10-11H2,1-2H3. The Morgan fingerprint density at radius 3 is 2.67 bits per heavy atom. The molecule has 1 aromatic carbocycles. The van der Waals surface area contributed by atoms with Gasteiger partial charge in [0.2, 0.25) is 5.71 Å². The van der Waals surface area contributed by atoms with E-state index in [1.165, 1.54) is 12.7 Å². The van der Waals surface area contributed by atoms with Crippen LogP contribution in [-0.4, -0.2) is 36.0 Å². The Balaban J connectivity index is 1.82. The topological polar surface area (TPSA) is 62.5 Å². The third kappa shape index (κ3) is 3.14. The van der Waals surface area contributed by atoms with Crippen molar-refractivity contribution < 1.29 is 9.21 Å². The number of piperidine rings is 1. The molecule has 0 spiro atoms. The zero-order valence-electron chi connectivity index (χ0n) is 15.4. The van der Waals surface area contributed by atoms with Gasteiger partial charge in [-0.3, -0.25) is 4.79 Å². The van der Waals surface area contributed by atoms with Crippen LogP contribution in [0.2, 0.25) is 5.02 Å². The second kappa shape index (κ2) is 7.19. The van der Waals surface area contributed by atoms with Gasteiger partial charge in [0.05, 0.1) is 21.7 Å². The van der Waals surface area contributed by atoms with Crippen LogP contribution in [0.3, 0.4) is 0 Å². The van der Waals surface area contributed by atoms with Gasteiger partial charge < -0.3 is 14.2 Å². The average Bonchev–Trinajstić information content (AvgIpc) is 3.03. The minimum absolute atomic E-state index is 0.188. The van der Waals surface area contributed by atoms with Gasteiger partial charge in [-0.15, -0.1) is 0 Å². The number of hydrogen-bond acceptors (Lipinski definition) is 5. The van der Waals surface area contributed by atoms with Crippen molar-refractivity contribution in [3.05, 3.63) is 46.9 Å². The Morgan fingerprint density at radius 2 is 1.93 bits per heavy atom. The van der Waals surface area contributed by atoms with Crippen molar-refractivity contribution in [2.75, 3.05) is 29.9 Å². The molecule has 0 N–H and O–H groups in total. The van der Waals surface area contributed by atoms with Crippen LogP contribution < -0.4 is 9.80 Å². The summed E-state index contributed by atoms with van der Waals surface area (Å²) in [7, 11) is 1.71. The van der Waals surface area contributed by atoms with Gasteiger partial charge in [0.15, 0.2) is 0 Å². The van der Waals surface area contributed by atoms with E-state index in [0.717, 1.165) is 31.7 Å². The minimum atomic E-state index is -0.188. The number of para-hydroxylation sites is 1. The zero-order valence-corrected chi connectivity index (χ0v) is 16.2. The summed E-state index contributed by atoms with van der Waals surface area (Å²) in [5.41, 5.74) is 1.59. The summed E-state index contributed by atoms with van der Waals surface area (Å²) in [4.78, 5) is 25.9. The van der Waals surface area contributed by atoms with Crippen LogP contribution in [0.5, 0.6) is 0 Å². The number of nitrogens with zero attached hydrogens (tertiary/aromatic N) is 4. The van der Waals surface area contributed by atoms with E-state index in [2.05, 4.69) is 14.9 Å². The lowest BCUT2D eigenvalue weighted by atomic mass is 10.1. The molecule has 0 radical (unpaired) electrons. The summed E-state index contributed by atoms with van der Waals surface area (Å²) < 4.78 is 5.81. The fourth-order valence-corrected chi connectivity index (χ4v) is 3.90. The maximum absolute atomic E-state index is 13.4. The summed E-state index contributed by atoms with van der Waals surface area (Å²) in [5, 5.41) is 1.20. The second-order valence-electron chi connectivity index (χ2n) is 6.77. The maximum atomic E-state index is 13.4. The summed E-state index contributed by atoms with van der Waals surface area (Å²) in [5.74, 6) is 1.12. The van der Waals surface area contributed by atoms with Gasteiger partial charge in [-0.1, -0.05) is 23.7 Å². The van der Waals surface area contributed by atoms with Crippen LogP contribution in [0.15, 0.2) is 35.0 Å². The molecule has 27 heavy (non-hydrogen) atoms. The Morgan fingerprint density at radius 1 is 1.19 bits per heavy atom. The highest BCUT2D eigenvalue weighted by atomic mass is 35.5. The zero-order chi connectivity index (χ0) is 19.0. The quantitative estimate of drug-likeness (QED) is 0.667. The van der Waals surface area contributed by atoms with Crippen molar-refractivity contribution in [2.24, 2.45) is 0 Å². The van der Waals surface area contributed by atoms with Gasteiger partial charge in [0, 0.05) is 20.1 Å². The monoisotopic (exact) mass is 384 g/mol. The molecular weight excluding hydrogens is 364 g/mol. The lowest BCUT2D eigenvalue weighted by Gasteiger charge is -2.28. The van der Waals surface area contributed by atoms with E-state index in [-0.39, 0.29) is 5.91 Å². The number of benzene rings is 1. The molecule has 1 amide bonds. The summed E-state index contributed by atoms with van der Waals surface area (Å²) in [6, 6.07) is 7.28. The first-order valence-electron chi connectivity index (χ1n) is 9.09. The molecule has 3 aromatic rings. The highest BCUT2D eigenvalue weighted by Crippen LogP contribution is 2.34. The third-order valence-electron chi connectivity index (χ3n) is 5.03. The van der Waals surface area contributed by atoms with Gasteiger partial charge in [0.25, 0.3) is 5.91 Å². The molecule has 2 aromatic heterocycles. The van der Waals surface area contributed by atoms with Gasteiger partial charge in [-0.05, 0) is 38.3 Å². The molecule has 140 valence electrons. The number of halogens is 1. The van der Waals surface area contributed by atoms with Crippen LogP contribution in [0, 0.1) is 6.92 Å². The number of carbonyl (C=O) groups is 1. The Kier molecular flexibility index (Phi) is 4.74. The fraction of sp³-hybridized carbons (Fsp3) is 0.350. The molecule has 0 saturated carbocycles. The van der Waals surface area contributed by atoms with E-state index in [4.69, 9.17) is 16.0 Å². The van der Waals surface area contributed by atoms with Crippen LogP contribution in [-0.2, 0) is 0 Å². The number of furan rings is 1. The van der Waals surface area contributed by atoms with Crippen LogP contribution in [0.1, 0.15) is 35.4 Å². The van der Waals surface area contributed by atoms with Crippen molar-refractivity contribution in [1.29, 1.82) is 0 Å². The number of aryl methyl sites for hydroxylation is 1. The second-order valence-corrected chi connectivity index (χ2v) is 7.18. The number of fused-ring (bicyclic) bond motifs is 1. The minimum Gasteiger partial charge on any atom is -0.442 e. The average molecular weight is 385 g/mol. The summed E-state index contributed by atoms with van der Waals surface area (Å²) in [6.07, 6.45) is 4.95. The van der Waals surface area contributed by atoms with Crippen molar-refractivity contribution >= 4 is 40.1 Å². The number of rotatable bonds is 3. The van der Waals surface area contributed by atoms with Crippen LogP contribution in [0.4, 0.5) is 11.5 Å². The number of hydrogen-bond donors (Lipinski definition) is 0. The van der Waals surface area contributed by atoms with E-state index in [1.807, 2.05) is 18.2 Å². The predicted molar refractivity (Wildman–Crippen MR) is 107 cm³/mol. The number of amides is 1. The Labute approximate surface area is 162 Å². The van der Waals surface area contributed by atoms with Gasteiger partial charge in [-0.25, -0.2) is 9.97 Å². The normalized spacial score (nSPS) is 14.6. The first kappa shape index (κ1) is 17.8. The van der Waals surface area contributed by atoms with Gasteiger partial charge in [-0.2, -0.15) is 0 Å². The Hall–Kier alpha value is -2.60. The molecule has 3 heterocycles. The van der Waals surface area contributed by atoms with E-state index in [9.17, 15) is 4.79 Å². The predicted octanol–water partition coefficient (Wildman–Crippen LogP) is 4.45. The molecule has 0 atom stereocenters. The molecule has 6 nitrogen and oxygen atoms in total. The molecule has 1 saturated heterocycles. The SMILES string of the molecule is Cc1oc2ncnc(N3CCCCC3)c2c1C(=O)N(C)c1ccccc1Cl. The molecule has 4 rings (SSSR count). The molecule has 7 heteroatoms. The van der Waals surface area contributed by atoms with Crippen molar-refractivity contribution in [3.8, 4) is 0 Å². The summed E-state index contributed by atoms with van der Waals surface area (Å²) in [6.45, 7) is 3.63. The third-order valence-corrected chi connectivity index (χ3v) is 5.35.